The van der Waals surface area contributed by atoms with Gasteiger partial charge in [0.15, 0.2) is 29.1 Å². The second-order valence-corrected chi connectivity index (χ2v) is 33.4. The second kappa shape index (κ2) is 34.8. The third kappa shape index (κ3) is 15.0. The third-order valence-corrected chi connectivity index (χ3v) is 25.2. The van der Waals surface area contributed by atoms with E-state index >= 15 is 0 Å². The molecular formula is C119H74N16O3. The van der Waals surface area contributed by atoms with Crippen LogP contribution in [0.25, 0.3) is 251 Å². The second-order valence-electron chi connectivity index (χ2n) is 33.4. The Bertz CT molecular complexity index is 8190. The van der Waals surface area contributed by atoms with E-state index in [1.54, 1.807) is 74.4 Å². The average Bonchev–Trinajstić information content (AvgIpc) is 1.58. The molecule has 0 unspecified atom stereocenters. The highest BCUT2D eigenvalue weighted by molar-refractivity contribution is 6.23. The first-order valence-electron chi connectivity index (χ1n) is 45.2. The number of rotatable bonds is 15. The molecule has 0 amide bonds. The number of aromatic nitrogens is 16. The van der Waals surface area contributed by atoms with Crippen molar-refractivity contribution in [3.05, 3.63) is 450 Å². The lowest BCUT2D eigenvalue weighted by Gasteiger charge is -2.11. The highest BCUT2D eigenvalue weighted by atomic mass is 16.3. The number of hydrogen-bond donors (Lipinski definition) is 0. The summed E-state index contributed by atoms with van der Waals surface area (Å²) in [5, 5.41) is 10.0. The zero-order valence-corrected chi connectivity index (χ0v) is 73.6. The van der Waals surface area contributed by atoms with Gasteiger partial charge in [-0.15, -0.1) is 0 Å². The van der Waals surface area contributed by atoms with E-state index in [4.69, 9.17) is 48.1 Å². The van der Waals surface area contributed by atoms with Crippen LogP contribution in [0.3, 0.4) is 0 Å². The Kier molecular flexibility index (Phi) is 20.4. The number of para-hydroxylation sites is 3. The molecule has 0 aliphatic rings. The Labute approximate surface area is 788 Å². The van der Waals surface area contributed by atoms with Crippen molar-refractivity contribution in [3.63, 3.8) is 0 Å². The minimum absolute atomic E-state index is 0.586. The molecule has 0 fully saturated rings. The van der Waals surface area contributed by atoms with E-state index in [2.05, 4.69) is 280 Å². The van der Waals surface area contributed by atoms with Gasteiger partial charge in [-0.2, -0.15) is 0 Å². The van der Waals surface area contributed by atoms with Gasteiger partial charge in [0, 0.05) is 191 Å². The first-order valence-corrected chi connectivity index (χ1v) is 45.2. The Morgan fingerprint density at radius 1 is 0.167 bits per heavy atom. The van der Waals surface area contributed by atoms with Crippen molar-refractivity contribution in [2.45, 2.75) is 0 Å². The number of benzene rings is 12. The van der Waals surface area contributed by atoms with Gasteiger partial charge in [0.2, 0.25) is 0 Å². The van der Waals surface area contributed by atoms with E-state index < -0.39 is 0 Å². The molecule has 0 N–H and O–H groups in total. The van der Waals surface area contributed by atoms with Crippen molar-refractivity contribution in [2.24, 2.45) is 0 Å². The molecule has 648 valence electrons. The van der Waals surface area contributed by atoms with Crippen LogP contribution in [0.15, 0.2) is 464 Å². The maximum Gasteiger partial charge on any atom is 0.164 e. The van der Waals surface area contributed by atoms with Gasteiger partial charge in [-0.1, -0.05) is 158 Å². The molecule has 0 aliphatic carbocycles. The first kappa shape index (κ1) is 80.8. The monoisotopic (exact) mass is 1770 g/mol. The van der Waals surface area contributed by atoms with E-state index in [1.165, 1.54) is 0 Å². The van der Waals surface area contributed by atoms with Crippen LogP contribution in [0, 0.1) is 0 Å². The number of furan rings is 3. The summed E-state index contributed by atoms with van der Waals surface area (Å²) in [6.07, 6.45) is 21.2. The summed E-state index contributed by atoms with van der Waals surface area (Å²) in [5.74, 6) is 5.66. The Hall–Kier alpha value is -19.3. The van der Waals surface area contributed by atoms with Crippen LogP contribution in [-0.2, 0) is 0 Å². The Morgan fingerprint density at radius 2 is 0.391 bits per heavy atom. The number of nitrogens with zero attached hydrogens (tertiary/aromatic N) is 16. The molecule has 0 saturated carbocycles. The lowest BCUT2D eigenvalue weighted by atomic mass is 10.1. The van der Waals surface area contributed by atoms with E-state index in [0.29, 0.717) is 29.1 Å². The van der Waals surface area contributed by atoms with E-state index in [9.17, 15) is 0 Å². The summed E-state index contributed by atoms with van der Waals surface area (Å²) in [5.41, 5.74) is 27.4. The number of pyridine rings is 6. The van der Waals surface area contributed by atoms with Crippen molar-refractivity contribution >= 4 is 98.3 Å². The average molecular weight is 1780 g/mol. The molecule has 19 heteroatoms. The fourth-order valence-corrected chi connectivity index (χ4v) is 18.6. The minimum atomic E-state index is 0.586. The molecule has 0 bridgehead atoms. The molecular weight excluding hydrogens is 1700 g/mol. The molecule has 0 aliphatic heterocycles. The summed E-state index contributed by atoms with van der Waals surface area (Å²) in [6.45, 7) is 0. The molecule has 138 heavy (non-hydrogen) atoms. The summed E-state index contributed by atoms with van der Waals surface area (Å²) >= 11 is 0. The quantitative estimate of drug-likeness (QED) is 0.0931. The predicted octanol–water partition coefficient (Wildman–Crippen LogP) is 28.7. The summed E-state index contributed by atoms with van der Waals surface area (Å²) in [4.78, 5) is 59.4. The topological polar surface area (TPSA) is 222 Å². The van der Waals surface area contributed by atoms with Crippen molar-refractivity contribution in [1.82, 2.24) is 78.5 Å². The standard InChI is InChI=1S/2C40H25N5O.C39H24N6O/c1-2-6-28(7-3-1)37-24-30-12-15-36-38(39(30)46-37)32-8-4-5-9-35(32)45(36)31-13-10-29(11-14-31)40-43-33(26-16-20-41-21-17-26)25-34(44-40)27-18-22-42-23-19-27;1-2-6-28(7-3-1)37-24-30-12-15-36-38(39(30)46-37)32-8-4-5-9-35(32)45(36)31-13-10-26(11-14-31)33-25-34(27-16-20-41-21-17-27)44-40(43-33)29-18-22-42-23-19-29;1-2-6-25(7-3-1)34-24-29-12-15-33-35(36(29)46-34)31-8-4-5-9-32(31)45(33)30-13-10-26(11-14-30)37-42-38(27-16-20-40-21-17-27)44-39(43-37)28-18-22-41-23-19-28/h2*1-25H;1-24H. The molecule has 27 aromatic rings. The molecule has 19 nitrogen and oxygen atoms in total. The van der Waals surface area contributed by atoms with Crippen molar-refractivity contribution in [1.29, 1.82) is 0 Å². The van der Waals surface area contributed by atoms with Crippen LogP contribution in [0.2, 0.25) is 0 Å². The van der Waals surface area contributed by atoms with Crippen molar-refractivity contribution in [3.8, 4) is 153 Å². The SMILES string of the molecule is c1ccc(-c2cc3ccc4c(c5ccccc5n4-c4ccc(-c5cc(-c6ccncc6)nc(-c6ccncc6)n5)cc4)c3o2)cc1.c1ccc(-c2cc3ccc4c(c5ccccc5n4-c4ccc(-c5nc(-c6ccncc6)cc(-c6ccncc6)n5)cc4)c3o2)cc1.c1ccc(-c2cc3ccc4c(c5ccccc5n4-c4ccc(-c5nc(-c6ccncc6)nc(-c6ccncc6)n5)cc4)c3o2)cc1. The Morgan fingerprint density at radius 3 is 0.667 bits per heavy atom. The van der Waals surface area contributed by atoms with Crippen LogP contribution < -0.4 is 0 Å². The highest BCUT2D eigenvalue weighted by Crippen LogP contribution is 2.46. The molecule has 15 heterocycles. The highest BCUT2D eigenvalue weighted by Gasteiger charge is 2.25. The number of hydrogen-bond acceptors (Lipinski definition) is 16. The molecule has 0 atom stereocenters. The van der Waals surface area contributed by atoms with Gasteiger partial charge in [-0.3, -0.25) is 29.9 Å². The zero-order chi connectivity index (χ0) is 91.4. The van der Waals surface area contributed by atoms with Crippen LogP contribution in [0.1, 0.15) is 0 Å². The van der Waals surface area contributed by atoms with Gasteiger partial charge >= 0.3 is 0 Å². The molecule has 12 aromatic carbocycles. The van der Waals surface area contributed by atoms with Crippen molar-refractivity contribution < 1.29 is 13.3 Å². The van der Waals surface area contributed by atoms with Gasteiger partial charge in [0.25, 0.3) is 0 Å². The van der Waals surface area contributed by atoms with Crippen LogP contribution >= 0.6 is 0 Å². The van der Waals surface area contributed by atoms with Crippen LogP contribution in [-0.4, -0.2) is 78.5 Å². The summed E-state index contributed by atoms with van der Waals surface area (Å²) in [6, 6.07) is 128. The van der Waals surface area contributed by atoms with Crippen LogP contribution in [0.4, 0.5) is 0 Å². The molecule has 15 aromatic heterocycles. The van der Waals surface area contributed by atoms with E-state index in [0.717, 1.165) is 222 Å². The van der Waals surface area contributed by atoms with Gasteiger partial charge in [0.05, 0.1) is 72.0 Å². The largest absolute Gasteiger partial charge is 0.455 e. The molecule has 0 saturated heterocycles. The molecule has 0 spiro atoms. The fourth-order valence-electron chi connectivity index (χ4n) is 18.6. The molecule has 27 rings (SSSR count). The normalized spacial score (nSPS) is 11.5. The fraction of sp³-hybridized carbons (Fsp3) is 0. The number of fused-ring (bicyclic) bond motifs is 15. The summed E-state index contributed by atoms with van der Waals surface area (Å²) < 4.78 is 26.6. The third-order valence-electron chi connectivity index (χ3n) is 25.2. The van der Waals surface area contributed by atoms with Gasteiger partial charge < -0.3 is 27.0 Å². The Balaban J connectivity index is 0.000000110. The summed E-state index contributed by atoms with van der Waals surface area (Å²) in [7, 11) is 0. The minimum Gasteiger partial charge on any atom is -0.455 e. The molecule has 0 radical (unpaired) electrons. The van der Waals surface area contributed by atoms with E-state index in [1.807, 2.05) is 140 Å². The van der Waals surface area contributed by atoms with Gasteiger partial charge in [-0.25, -0.2) is 34.9 Å². The predicted molar refractivity (Wildman–Crippen MR) is 548 cm³/mol. The smallest absolute Gasteiger partial charge is 0.164 e. The van der Waals surface area contributed by atoms with Gasteiger partial charge in [-0.05, 0) is 218 Å². The lowest BCUT2D eigenvalue weighted by Crippen LogP contribution is -2.00. The zero-order valence-electron chi connectivity index (χ0n) is 73.6. The van der Waals surface area contributed by atoms with Gasteiger partial charge in [0.1, 0.15) is 34.0 Å². The van der Waals surface area contributed by atoms with Crippen LogP contribution in [0.5, 0.6) is 0 Å². The maximum atomic E-state index is 6.56. The maximum absolute atomic E-state index is 6.56. The first-order chi connectivity index (χ1) is 68.4. The van der Waals surface area contributed by atoms with E-state index in [-0.39, 0.29) is 0 Å². The lowest BCUT2D eigenvalue weighted by molar-refractivity contribution is 0.635. The van der Waals surface area contributed by atoms with Crippen molar-refractivity contribution in [2.75, 3.05) is 0 Å².